The van der Waals surface area contributed by atoms with Gasteiger partial charge in [-0.25, -0.2) is 0 Å². The molecule has 1 fully saturated rings. The van der Waals surface area contributed by atoms with E-state index in [2.05, 4.69) is 19.2 Å². The van der Waals surface area contributed by atoms with Gasteiger partial charge in [-0.15, -0.1) is 5.73 Å². The molecule has 1 saturated carbocycles. The maximum atomic E-state index is 10.9. The highest BCUT2D eigenvalue weighted by Crippen LogP contribution is 2.25. The van der Waals surface area contributed by atoms with E-state index in [4.69, 9.17) is 0 Å². The molecule has 0 bridgehead atoms. The van der Waals surface area contributed by atoms with Crippen LogP contribution < -0.4 is 0 Å². The van der Waals surface area contributed by atoms with Crippen LogP contribution in [0.1, 0.15) is 26.2 Å². The van der Waals surface area contributed by atoms with E-state index in [1.807, 2.05) is 0 Å². The largest absolute Gasteiger partial charge is 0.299 e. The van der Waals surface area contributed by atoms with Crippen LogP contribution in [-0.4, -0.2) is 5.78 Å². The van der Waals surface area contributed by atoms with Crippen LogP contribution in [0.4, 0.5) is 0 Å². The zero-order chi connectivity index (χ0) is 7.56. The molecule has 1 atom stereocenters. The fourth-order valence-electron chi connectivity index (χ4n) is 1.26. The SMILES string of the molecule is C=C=C1CC(=O)CCC1C. The lowest BCUT2D eigenvalue weighted by Crippen LogP contribution is -2.13. The molecule has 0 N–H and O–H groups in total. The van der Waals surface area contributed by atoms with Crippen LogP contribution >= 0.6 is 0 Å². The number of rotatable bonds is 0. The molecule has 0 amide bonds. The van der Waals surface area contributed by atoms with Gasteiger partial charge in [-0.2, -0.15) is 0 Å². The lowest BCUT2D eigenvalue weighted by atomic mass is 9.85. The van der Waals surface area contributed by atoms with Gasteiger partial charge in [0.1, 0.15) is 5.78 Å². The van der Waals surface area contributed by atoms with Crippen molar-refractivity contribution < 1.29 is 4.79 Å². The molecule has 0 aromatic heterocycles. The molecule has 0 saturated heterocycles. The van der Waals surface area contributed by atoms with Crippen molar-refractivity contribution >= 4 is 5.78 Å². The molecule has 0 radical (unpaired) electrons. The van der Waals surface area contributed by atoms with Crippen molar-refractivity contribution in [1.82, 2.24) is 0 Å². The van der Waals surface area contributed by atoms with Gasteiger partial charge in [0, 0.05) is 12.8 Å². The molecule has 1 rings (SSSR count). The third-order valence-electron chi connectivity index (χ3n) is 2.07. The summed E-state index contributed by atoms with van der Waals surface area (Å²) in [4.78, 5) is 10.9. The summed E-state index contributed by atoms with van der Waals surface area (Å²) in [6.07, 6.45) is 2.31. The molecule has 0 aromatic rings. The highest BCUT2D eigenvalue weighted by Gasteiger charge is 2.18. The van der Waals surface area contributed by atoms with Crippen LogP contribution in [0, 0.1) is 5.92 Å². The van der Waals surface area contributed by atoms with E-state index in [1.54, 1.807) is 0 Å². The molecule has 1 aliphatic rings. The smallest absolute Gasteiger partial charge is 0.137 e. The number of Topliss-reactive ketones (excluding diaryl/α,β-unsaturated/α-hetero) is 1. The molecule has 0 heterocycles. The van der Waals surface area contributed by atoms with Gasteiger partial charge in [-0.3, -0.25) is 4.79 Å². The third kappa shape index (κ3) is 1.37. The van der Waals surface area contributed by atoms with Gasteiger partial charge >= 0.3 is 0 Å². The van der Waals surface area contributed by atoms with Crippen LogP contribution in [0.15, 0.2) is 17.9 Å². The van der Waals surface area contributed by atoms with Gasteiger partial charge in [0.15, 0.2) is 0 Å². The number of hydrogen-bond donors (Lipinski definition) is 0. The first-order chi connectivity index (χ1) is 4.74. The van der Waals surface area contributed by atoms with E-state index >= 15 is 0 Å². The van der Waals surface area contributed by atoms with E-state index in [1.165, 1.54) is 0 Å². The molecule has 1 nitrogen and oxygen atoms in total. The first-order valence-electron chi connectivity index (χ1n) is 3.64. The van der Waals surface area contributed by atoms with E-state index in [0.29, 0.717) is 18.1 Å². The Morgan fingerprint density at radius 3 is 2.90 bits per heavy atom. The topological polar surface area (TPSA) is 17.1 Å². The number of allylic oxidation sites excluding steroid dienone is 1. The Morgan fingerprint density at radius 1 is 1.70 bits per heavy atom. The quantitative estimate of drug-likeness (QED) is 0.466. The van der Waals surface area contributed by atoms with Gasteiger partial charge in [0.25, 0.3) is 0 Å². The number of ketones is 1. The van der Waals surface area contributed by atoms with Crippen LogP contribution in [0.25, 0.3) is 0 Å². The van der Waals surface area contributed by atoms with Gasteiger partial charge in [-0.05, 0) is 17.9 Å². The summed E-state index contributed by atoms with van der Waals surface area (Å²) in [6, 6.07) is 0. The Morgan fingerprint density at radius 2 is 2.40 bits per heavy atom. The zero-order valence-electron chi connectivity index (χ0n) is 6.31. The van der Waals surface area contributed by atoms with Crippen LogP contribution in [0.5, 0.6) is 0 Å². The lowest BCUT2D eigenvalue weighted by molar-refractivity contribution is -0.119. The molecule has 1 heteroatoms. The Bertz CT molecular complexity index is 197. The second-order valence-corrected chi connectivity index (χ2v) is 2.86. The molecule has 1 aliphatic carbocycles. The van der Waals surface area contributed by atoms with Crippen LogP contribution in [0.3, 0.4) is 0 Å². The summed E-state index contributed by atoms with van der Waals surface area (Å²) in [5.74, 6) is 0.861. The predicted molar refractivity (Wildman–Crippen MR) is 40.7 cm³/mol. The zero-order valence-corrected chi connectivity index (χ0v) is 6.31. The van der Waals surface area contributed by atoms with E-state index in [9.17, 15) is 4.79 Å². The lowest BCUT2D eigenvalue weighted by Gasteiger charge is -2.18. The van der Waals surface area contributed by atoms with Crippen molar-refractivity contribution in [1.29, 1.82) is 0 Å². The average Bonchev–Trinajstić information content (AvgIpc) is 1.94. The van der Waals surface area contributed by atoms with Gasteiger partial charge in [0.2, 0.25) is 0 Å². The van der Waals surface area contributed by atoms with Gasteiger partial charge < -0.3 is 0 Å². The second-order valence-electron chi connectivity index (χ2n) is 2.86. The average molecular weight is 136 g/mol. The fourth-order valence-corrected chi connectivity index (χ4v) is 1.26. The summed E-state index contributed by atoms with van der Waals surface area (Å²) >= 11 is 0. The third-order valence-corrected chi connectivity index (χ3v) is 2.07. The molecule has 1 unspecified atom stereocenters. The van der Waals surface area contributed by atoms with Crippen LogP contribution in [0.2, 0.25) is 0 Å². The Kier molecular flexibility index (Phi) is 2.08. The normalized spacial score (nSPS) is 26.3. The summed E-state index contributed by atoms with van der Waals surface area (Å²) in [5, 5.41) is 0. The predicted octanol–water partition coefficient (Wildman–Crippen LogP) is 2.09. The molecule has 0 spiro atoms. The molecule has 54 valence electrons. The minimum absolute atomic E-state index is 0.337. The van der Waals surface area contributed by atoms with E-state index in [0.717, 1.165) is 18.4 Å². The molecule has 10 heavy (non-hydrogen) atoms. The van der Waals surface area contributed by atoms with E-state index in [-0.39, 0.29) is 0 Å². The van der Waals surface area contributed by atoms with E-state index < -0.39 is 0 Å². The highest BCUT2D eigenvalue weighted by atomic mass is 16.1. The Hall–Kier alpha value is -0.810. The van der Waals surface area contributed by atoms with Crippen molar-refractivity contribution in [2.75, 3.05) is 0 Å². The maximum absolute atomic E-state index is 10.9. The number of hydrogen-bond acceptors (Lipinski definition) is 1. The Balaban J connectivity index is 2.72. The Labute approximate surface area is 61.4 Å². The fraction of sp³-hybridized carbons (Fsp3) is 0.556. The molecular weight excluding hydrogens is 124 g/mol. The van der Waals surface area contributed by atoms with Crippen molar-refractivity contribution in [2.24, 2.45) is 5.92 Å². The van der Waals surface area contributed by atoms with Crippen molar-refractivity contribution in [3.8, 4) is 0 Å². The summed E-state index contributed by atoms with van der Waals surface area (Å²) in [5.41, 5.74) is 3.92. The first-order valence-corrected chi connectivity index (χ1v) is 3.64. The number of carbonyl (C=O) groups is 1. The highest BCUT2D eigenvalue weighted by molar-refractivity contribution is 5.82. The minimum Gasteiger partial charge on any atom is -0.299 e. The van der Waals surface area contributed by atoms with Gasteiger partial charge in [0.05, 0.1) is 0 Å². The standard InChI is InChI=1S/C9H12O/c1-3-8-6-9(10)5-4-7(8)2/h7H,1,4-6H2,2H3. The first kappa shape index (κ1) is 7.30. The van der Waals surface area contributed by atoms with Crippen LogP contribution in [-0.2, 0) is 4.79 Å². The maximum Gasteiger partial charge on any atom is 0.137 e. The molecule has 0 aromatic carbocycles. The van der Waals surface area contributed by atoms with Crippen molar-refractivity contribution in [3.05, 3.63) is 17.9 Å². The molecule has 0 aliphatic heterocycles. The van der Waals surface area contributed by atoms with Crippen molar-refractivity contribution in [3.63, 3.8) is 0 Å². The minimum atomic E-state index is 0.337. The number of carbonyl (C=O) groups excluding carboxylic acids is 1. The van der Waals surface area contributed by atoms with Gasteiger partial charge in [-0.1, -0.05) is 13.5 Å². The summed E-state index contributed by atoms with van der Waals surface area (Å²) in [7, 11) is 0. The summed E-state index contributed by atoms with van der Waals surface area (Å²) < 4.78 is 0. The van der Waals surface area contributed by atoms with Crippen molar-refractivity contribution in [2.45, 2.75) is 26.2 Å². The summed E-state index contributed by atoms with van der Waals surface area (Å²) in [6.45, 7) is 5.68. The molecular formula is C9H12O. The second kappa shape index (κ2) is 2.85. The monoisotopic (exact) mass is 136 g/mol.